The van der Waals surface area contributed by atoms with Crippen molar-refractivity contribution in [3.8, 4) is 0 Å². The Labute approximate surface area is 112 Å². The second-order valence-electron chi connectivity index (χ2n) is 4.53. The number of amides is 1. The third-order valence-electron chi connectivity index (χ3n) is 1.81. The second kappa shape index (κ2) is 4.62. The van der Waals surface area contributed by atoms with E-state index in [-0.39, 0.29) is 0 Å². The Morgan fingerprint density at radius 3 is 2.89 bits per heavy atom. The Hall–Kier alpha value is -1.54. The van der Waals surface area contributed by atoms with Gasteiger partial charge in [-0.2, -0.15) is 0 Å². The molecule has 2 N–H and O–H groups in total. The van der Waals surface area contributed by atoms with Crippen molar-refractivity contribution in [3.63, 3.8) is 0 Å². The first kappa shape index (κ1) is 12.9. The number of aromatic nitrogens is 3. The average Bonchev–Trinajstić information content (AvgIpc) is 2.58. The van der Waals surface area contributed by atoms with Crippen molar-refractivity contribution in [3.05, 3.63) is 11.0 Å². The average molecular weight is 284 g/mol. The van der Waals surface area contributed by atoms with Crippen LogP contribution in [-0.4, -0.2) is 26.6 Å². The number of rotatable bonds is 1. The lowest BCUT2D eigenvalue weighted by atomic mass is 10.2. The molecule has 18 heavy (non-hydrogen) atoms. The predicted octanol–water partition coefficient (Wildman–Crippen LogP) is 3.10. The van der Waals surface area contributed by atoms with Gasteiger partial charge in [0.2, 0.25) is 0 Å². The molecule has 0 atom stereocenters. The van der Waals surface area contributed by atoms with E-state index < -0.39 is 11.7 Å². The van der Waals surface area contributed by atoms with Gasteiger partial charge >= 0.3 is 6.09 Å². The number of anilines is 1. The van der Waals surface area contributed by atoms with Crippen LogP contribution in [0.4, 0.5) is 9.93 Å². The second-order valence-corrected chi connectivity index (χ2v) is 5.92. The fourth-order valence-electron chi connectivity index (χ4n) is 1.21. The summed E-state index contributed by atoms with van der Waals surface area (Å²) in [4.78, 5) is 23.3. The molecule has 0 spiro atoms. The Balaban J connectivity index is 2.20. The van der Waals surface area contributed by atoms with Crippen molar-refractivity contribution in [1.29, 1.82) is 0 Å². The van der Waals surface area contributed by atoms with E-state index in [1.165, 1.54) is 17.7 Å². The van der Waals surface area contributed by atoms with Crippen LogP contribution in [0.1, 0.15) is 20.8 Å². The molecule has 2 aromatic heterocycles. The van der Waals surface area contributed by atoms with Gasteiger partial charge in [0.25, 0.3) is 0 Å². The molecule has 0 aromatic carbocycles. The van der Waals surface area contributed by atoms with Crippen LogP contribution in [0, 0.1) is 4.64 Å². The van der Waals surface area contributed by atoms with Crippen LogP contribution in [0.3, 0.4) is 0 Å². The molecular formula is C10H12N4O2S2. The maximum atomic E-state index is 11.6. The van der Waals surface area contributed by atoms with Gasteiger partial charge in [-0.05, 0) is 20.8 Å². The topological polar surface area (TPSA) is 79.9 Å². The molecule has 0 aliphatic heterocycles. The first-order valence-corrected chi connectivity index (χ1v) is 6.42. The van der Waals surface area contributed by atoms with Crippen LogP contribution >= 0.6 is 23.6 Å². The zero-order valence-corrected chi connectivity index (χ0v) is 11.7. The van der Waals surface area contributed by atoms with Crippen LogP contribution in [-0.2, 0) is 4.74 Å². The normalized spacial score (nSPS) is 11.5. The van der Waals surface area contributed by atoms with E-state index in [9.17, 15) is 4.79 Å². The number of carbonyl (C=O) groups is 1. The summed E-state index contributed by atoms with van der Waals surface area (Å²) in [6.45, 7) is 5.38. The molecule has 2 aromatic rings. The molecule has 1 amide bonds. The van der Waals surface area contributed by atoms with Crippen LogP contribution in [0.25, 0.3) is 10.3 Å². The number of hydrogen-bond donors (Lipinski definition) is 2. The van der Waals surface area contributed by atoms with Crippen molar-refractivity contribution in [1.82, 2.24) is 15.0 Å². The molecule has 0 saturated carbocycles. The Bertz CT molecular complexity index is 641. The number of aromatic amines is 1. The highest BCUT2D eigenvalue weighted by molar-refractivity contribution is 7.71. The minimum Gasteiger partial charge on any atom is -0.444 e. The van der Waals surface area contributed by atoms with E-state index in [4.69, 9.17) is 17.0 Å². The minimum atomic E-state index is -0.546. The van der Waals surface area contributed by atoms with Crippen LogP contribution in [0.15, 0.2) is 6.33 Å². The lowest BCUT2D eigenvalue weighted by molar-refractivity contribution is 0.0636. The Morgan fingerprint density at radius 1 is 1.56 bits per heavy atom. The molecule has 8 heteroatoms. The summed E-state index contributed by atoms with van der Waals surface area (Å²) in [5, 5.41) is 2.98. The third-order valence-corrected chi connectivity index (χ3v) is 3.00. The molecule has 96 valence electrons. The van der Waals surface area contributed by atoms with Gasteiger partial charge in [0.05, 0.1) is 6.33 Å². The number of thiazole rings is 1. The number of ether oxygens (including phenoxy) is 1. The summed E-state index contributed by atoms with van der Waals surface area (Å²) in [5.74, 6) is 0. The molecule has 2 heterocycles. The summed E-state index contributed by atoms with van der Waals surface area (Å²) < 4.78 is 5.62. The molecule has 0 unspecified atom stereocenters. The summed E-state index contributed by atoms with van der Waals surface area (Å²) in [6, 6.07) is 0. The highest BCUT2D eigenvalue weighted by Gasteiger charge is 2.17. The maximum absolute atomic E-state index is 11.6. The van der Waals surface area contributed by atoms with E-state index in [1.54, 1.807) is 20.8 Å². The van der Waals surface area contributed by atoms with E-state index in [1.807, 2.05) is 0 Å². The number of fused-ring (bicyclic) bond motifs is 1. The molecule has 2 rings (SSSR count). The zero-order valence-electron chi connectivity index (χ0n) is 10.1. The smallest absolute Gasteiger partial charge is 0.413 e. The Kier molecular flexibility index (Phi) is 3.31. The highest BCUT2D eigenvalue weighted by atomic mass is 32.1. The van der Waals surface area contributed by atoms with Crippen molar-refractivity contribution in [2.45, 2.75) is 26.4 Å². The van der Waals surface area contributed by atoms with Gasteiger partial charge in [-0.15, -0.1) is 0 Å². The lowest BCUT2D eigenvalue weighted by Crippen LogP contribution is -2.27. The molecule has 0 aliphatic rings. The first-order chi connectivity index (χ1) is 8.35. The van der Waals surface area contributed by atoms with Crippen molar-refractivity contribution in [2.24, 2.45) is 0 Å². The molecule has 0 aliphatic carbocycles. The van der Waals surface area contributed by atoms with Crippen molar-refractivity contribution < 1.29 is 9.53 Å². The molecule has 0 saturated heterocycles. The first-order valence-electron chi connectivity index (χ1n) is 5.19. The quantitative estimate of drug-likeness (QED) is 0.787. The van der Waals surface area contributed by atoms with Crippen molar-refractivity contribution in [2.75, 3.05) is 5.32 Å². The third kappa shape index (κ3) is 3.02. The van der Waals surface area contributed by atoms with Gasteiger partial charge in [0, 0.05) is 0 Å². The molecule has 0 bridgehead atoms. The lowest BCUT2D eigenvalue weighted by Gasteiger charge is -2.18. The maximum Gasteiger partial charge on any atom is 0.413 e. The Morgan fingerprint density at radius 2 is 2.28 bits per heavy atom. The van der Waals surface area contributed by atoms with Crippen LogP contribution in [0.2, 0.25) is 0 Å². The molecule has 0 radical (unpaired) electrons. The monoisotopic (exact) mass is 284 g/mol. The standard InChI is InChI=1S/C10H12N4O2S2/c1-10(2,3)16-9(15)14-8-13-5-6(17)11-4-12-7(5)18-8/h4H,1-3H3,(H,11,12,17)(H,13,14,15). The predicted molar refractivity (Wildman–Crippen MR) is 72.5 cm³/mol. The molecule has 0 fully saturated rings. The van der Waals surface area contributed by atoms with Gasteiger partial charge in [-0.3, -0.25) is 5.32 Å². The van der Waals surface area contributed by atoms with E-state index >= 15 is 0 Å². The van der Waals surface area contributed by atoms with Gasteiger partial charge in [-0.1, -0.05) is 23.6 Å². The molecular weight excluding hydrogens is 272 g/mol. The number of H-pyrrole nitrogens is 1. The van der Waals surface area contributed by atoms with Gasteiger partial charge < -0.3 is 9.72 Å². The number of carbonyl (C=O) groups excluding carboxylic acids is 1. The fourth-order valence-corrected chi connectivity index (χ4v) is 2.27. The number of nitrogens with one attached hydrogen (secondary N) is 2. The van der Waals surface area contributed by atoms with Crippen LogP contribution < -0.4 is 5.32 Å². The zero-order chi connectivity index (χ0) is 13.3. The summed E-state index contributed by atoms with van der Waals surface area (Å²) in [5.41, 5.74) is 0.0271. The van der Waals surface area contributed by atoms with Gasteiger partial charge in [0.1, 0.15) is 20.6 Å². The summed E-state index contributed by atoms with van der Waals surface area (Å²) >= 11 is 6.32. The van der Waals surface area contributed by atoms with Gasteiger partial charge in [0.15, 0.2) is 5.13 Å². The van der Waals surface area contributed by atoms with E-state index in [0.29, 0.717) is 20.1 Å². The number of hydrogen-bond acceptors (Lipinski definition) is 6. The van der Waals surface area contributed by atoms with Crippen molar-refractivity contribution >= 4 is 45.1 Å². The molecule has 6 nitrogen and oxygen atoms in total. The van der Waals surface area contributed by atoms with E-state index in [2.05, 4.69) is 20.3 Å². The van der Waals surface area contributed by atoms with Crippen LogP contribution in [0.5, 0.6) is 0 Å². The van der Waals surface area contributed by atoms with Gasteiger partial charge in [-0.25, -0.2) is 14.8 Å². The summed E-state index contributed by atoms with van der Waals surface area (Å²) in [6.07, 6.45) is 0.955. The minimum absolute atomic E-state index is 0.414. The number of nitrogens with zero attached hydrogens (tertiary/aromatic N) is 2. The summed E-state index contributed by atoms with van der Waals surface area (Å²) in [7, 11) is 0. The highest BCUT2D eigenvalue weighted by Crippen LogP contribution is 2.24. The SMILES string of the molecule is CC(C)(C)OC(=O)Nc1nc2c(=S)[nH]cnc2s1. The van der Waals surface area contributed by atoms with E-state index in [0.717, 1.165) is 0 Å². The largest absolute Gasteiger partial charge is 0.444 e. The fraction of sp³-hybridized carbons (Fsp3) is 0.400.